The summed E-state index contributed by atoms with van der Waals surface area (Å²) in [5, 5.41) is 30.9. The quantitative estimate of drug-likeness (QED) is 0.493. The lowest BCUT2D eigenvalue weighted by Gasteiger charge is -2.42. The van der Waals surface area contributed by atoms with Gasteiger partial charge in [-0.05, 0) is 16.7 Å². The van der Waals surface area contributed by atoms with E-state index in [2.05, 4.69) is 0 Å². The molecule has 0 aromatic heterocycles. The Balaban J connectivity index is 1.77. The molecule has 3 aromatic rings. The fourth-order valence-corrected chi connectivity index (χ4v) is 4.22. The van der Waals surface area contributed by atoms with Gasteiger partial charge in [0, 0.05) is 7.11 Å². The third kappa shape index (κ3) is 4.21. The van der Waals surface area contributed by atoms with Crippen molar-refractivity contribution in [2.45, 2.75) is 36.3 Å². The minimum atomic E-state index is -1.41. The Morgan fingerprint density at radius 1 is 0.688 bits per heavy atom. The van der Waals surface area contributed by atoms with Crippen LogP contribution in [0.3, 0.4) is 0 Å². The molecule has 5 atom stereocenters. The van der Waals surface area contributed by atoms with E-state index in [1.54, 1.807) is 0 Å². The second kappa shape index (κ2) is 9.92. The van der Waals surface area contributed by atoms with Gasteiger partial charge >= 0.3 is 0 Å². The van der Waals surface area contributed by atoms with Gasteiger partial charge in [0.05, 0.1) is 6.61 Å². The molecule has 0 bridgehead atoms. The van der Waals surface area contributed by atoms with E-state index in [-0.39, 0.29) is 6.61 Å². The SMILES string of the molecule is CO[C@H]1OC(COC(c2ccccc2)(c2ccccc2)c2ccccc2)[C@H](O)C(O)C1O. The maximum Gasteiger partial charge on any atom is 0.186 e. The molecule has 1 aliphatic rings. The van der Waals surface area contributed by atoms with Crippen LogP contribution in [0.4, 0.5) is 0 Å². The van der Waals surface area contributed by atoms with Crippen LogP contribution in [0.1, 0.15) is 16.7 Å². The van der Waals surface area contributed by atoms with E-state index in [1.165, 1.54) is 7.11 Å². The number of aliphatic hydroxyl groups is 3. The molecular weight excluding hydrogens is 408 g/mol. The molecule has 168 valence electrons. The first-order valence-corrected chi connectivity index (χ1v) is 10.6. The van der Waals surface area contributed by atoms with Crippen molar-refractivity contribution in [3.05, 3.63) is 108 Å². The number of ether oxygens (including phenoxy) is 3. The van der Waals surface area contributed by atoms with Gasteiger partial charge in [0.25, 0.3) is 0 Å². The number of benzene rings is 3. The third-order valence-electron chi connectivity index (χ3n) is 5.91. The first-order valence-electron chi connectivity index (χ1n) is 10.6. The monoisotopic (exact) mass is 436 g/mol. The Bertz CT molecular complexity index is 867. The molecule has 0 saturated carbocycles. The Morgan fingerprint density at radius 2 is 1.12 bits per heavy atom. The van der Waals surface area contributed by atoms with Crippen LogP contribution >= 0.6 is 0 Å². The molecule has 6 nitrogen and oxygen atoms in total. The van der Waals surface area contributed by atoms with E-state index in [0.717, 1.165) is 16.7 Å². The van der Waals surface area contributed by atoms with Gasteiger partial charge < -0.3 is 29.5 Å². The Hall–Kier alpha value is -2.58. The lowest BCUT2D eigenvalue weighted by molar-refractivity contribution is -0.299. The number of aliphatic hydroxyl groups excluding tert-OH is 3. The van der Waals surface area contributed by atoms with Crippen molar-refractivity contribution < 1.29 is 29.5 Å². The summed E-state index contributed by atoms with van der Waals surface area (Å²) in [6, 6.07) is 29.5. The van der Waals surface area contributed by atoms with Crippen LogP contribution in [0.25, 0.3) is 0 Å². The highest BCUT2D eigenvalue weighted by molar-refractivity contribution is 5.47. The molecule has 1 saturated heterocycles. The largest absolute Gasteiger partial charge is 0.387 e. The number of rotatable bonds is 7. The minimum Gasteiger partial charge on any atom is -0.387 e. The molecule has 0 aliphatic carbocycles. The predicted molar refractivity (Wildman–Crippen MR) is 119 cm³/mol. The zero-order chi connectivity index (χ0) is 22.6. The fourth-order valence-electron chi connectivity index (χ4n) is 4.22. The summed E-state index contributed by atoms with van der Waals surface area (Å²) in [7, 11) is 1.37. The molecule has 32 heavy (non-hydrogen) atoms. The van der Waals surface area contributed by atoms with E-state index in [9.17, 15) is 15.3 Å². The zero-order valence-electron chi connectivity index (χ0n) is 17.8. The summed E-state index contributed by atoms with van der Waals surface area (Å²) in [5.74, 6) is 0. The molecule has 6 heteroatoms. The van der Waals surface area contributed by atoms with Crippen molar-refractivity contribution in [1.82, 2.24) is 0 Å². The summed E-state index contributed by atoms with van der Waals surface area (Å²) in [6.45, 7) is -0.0521. The molecule has 1 aliphatic heterocycles. The number of methoxy groups -OCH3 is 1. The van der Waals surface area contributed by atoms with Crippen LogP contribution in [-0.2, 0) is 19.8 Å². The minimum absolute atomic E-state index is 0.0521. The van der Waals surface area contributed by atoms with Crippen molar-refractivity contribution in [2.75, 3.05) is 13.7 Å². The van der Waals surface area contributed by atoms with Crippen LogP contribution in [0, 0.1) is 0 Å². The van der Waals surface area contributed by atoms with Gasteiger partial charge in [-0.15, -0.1) is 0 Å². The summed E-state index contributed by atoms with van der Waals surface area (Å²) in [6.07, 6.45) is -6.08. The van der Waals surface area contributed by atoms with Crippen LogP contribution in [0.15, 0.2) is 91.0 Å². The highest BCUT2D eigenvalue weighted by Crippen LogP contribution is 2.41. The Kier molecular flexibility index (Phi) is 7.01. The maximum atomic E-state index is 10.6. The second-order valence-corrected chi connectivity index (χ2v) is 7.84. The molecule has 3 unspecified atom stereocenters. The van der Waals surface area contributed by atoms with Crippen molar-refractivity contribution >= 4 is 0 Å². The molecule has 3 N–H and O–H groups in total. The van der Waals surface area contributed by atoms with Crippen LogP contribution in [0.5, 0.6) is 0 Å². The van der Waals surface area contributed by atoms with Gasteiger partial charge in [-0.2, -0.15) is 0 Å². The van der Waals surface area contributed by atoms with Crippen molar-refractivity contribution in [2.24, 2.45) is 0 Å². The van der Waals surface area contributed by atoms with Gasteiger partial charge in [-0.25, -0.2) is 0 Å². The normalized spacial score (nSPS) is 26.1. The van der Waals surface area contributed by atoms with Crippen LogP contribution in [0.2, 0.25) is 0 Å². The smallest absolute Gasteiger partial charge is 0.186 e. The molecule has 1 fully saturated rings. The van der Waals surface area contributed by atoms with E-state index in [1.807, 2.05) is 91.0 Å². The standard InChI is InChI=1S/C26H28O6/c1-30-25-24(29)23(28)22(27)21(32-25)17-31-26(18-11-5-2-6-12-18,19-13-7-3-8-14-19)20-15-9-4-10-16-20/h2-16,21-25,27-29H,17H2,1H3/t21?,22-,23?,24?,25-/m0/s1. The van der Waals surface area contributed by atoms with E-state index in [4.69, 9.17) is 14.2 Å². The van der Waals surface area contributed by atoms with Crippen molar-refractivity contribution in [3.8, 4) is 0 Å². The molecule has 3 aromatic carbocycles. The molecule has 1 heterocycles. The summed E-state index contributed by atoms with van der Waals surface area (Å²) < 4.78 is 17.5. The predicted octanol–water partition coefficient (Wildman–Crippen LogP) is 2.45. The lowest BCUT2D eigenvalue weighted by Crippen LogP contribution is -2.59. The van der Waals surface area contributed by atoms with Gasteiger partial charge in [-0.3, -0.25) is 0 Å². The van der Waals surface area contributed by atoms with Gasteiger partial charge in [-0.1, -0.05) is 91.0 Å². The van der Waals surface area contributed by atoms with E-state index < -0.39 is 36.3 Å². The van der Waals surface area contributed by atoms with Gasteiger partial charge in [0.1, 0.15) is 30.0 Å². The van der Waals surface area contributed by atoms with Crippen molar-refractivity contribution in [1.29, 1.82) is 0 Å². The average molecular weight is 437 g/mol. The third-order valence-corrected chi connectivity index (χ3v) is 5.91. The average Bonchev–Trinajstić information content (AvgIpc) is 2.86. The number of hydrogen-bond acceptors (Lipinski definition) is 6. The Morgan fingerprint density at radius 3 is 1.53 bits per heavy atom. The maximum absolute atomic E-state index is 10.6. The summed E-state index contributed by atoms with van der Waals surface area (Å²) in [4.78, 5) is 0. The van der Waals surface area contributed by atoms with Gasteiger partial charge in [0.2, 0.25) is 0 Å². The Labute approximate surface area is 187 Å². The first kappa shape index (κ1) is 22.6. The van der Waals surface area contributed by atoms with Gasteiger partial charge in [0.15, 0.2) is 6.29 Å². The number of hydrogen-bond donors (Lipinski definition) is 3. The van der Waals surface area contributed by atoms with Crippen LogP contribution in [-0.4, -0.2) is 59.7 Å². The highest BCUT2D eigenvalue weighted by Gasteiger charge is 2.46. The molecular formula is C26H28O6. The molecule has 4 rings (SSSR count). The molecule has 0 radical (unpaired) electrons. The lowest BCUT2D eigenvalue weighted by atomic mass is 9.80. The zero-order valence-corrected chi connectivity index (χ0v) is 17.8. The highest BCUT2D eigenvalue weighted by atomic mass is 16.7. The summed E-state index contributed by atoms with van der Waals surface area (Å²) in [5.41, 5.74) is 1.74. The fraction of sp³-hybridized carbons (Fsp3) is 0.308. The second-order valence-electron chi connectivity index (χ2n) is 7.84. The molecule has 0 amide bonds. The van der Waals surface area contributed by atoms with E-state index >= 15 is 0 Å². The van der Waals surface area contributed by atoms with E-state index in [0.29, 0.717) is 0 Å². The summed E-state index contributed by atoms with van der Waals surface area (Å²) >= 11 is 0. The molecule has 0 spiro atoms. The first-order chi connectivity index (χ1) is 15.6. The topological polar surface area (TPSA) is 88.4 Å². The van der Waals surface area contributed by atoms with Crippen LogP contribution < -0.4 is 0 Å². The van der Waals surface area contributed by atoms with Crippen molar-refractivity contribution in [3.63, 3.8) is 0 Å².